The lowest BCUT2D eigenvalue weighted by molar-refractivity contribution is 0.303. The van der Waals surface area contributed by atoms with Crippen molar-refractivity contribution in [3.8, 4) is 17.8 Å². The molecule has 0 unspecified atom stereocenters. The minimum absolute atomic E-state index is 0.210. The summed E-state index contributed by atoms with van der Waals surface area (Å²) in [6.45, 7) is 6.37. The monoisotopic (exact) mass is 274 g/mol. The zero-order valence-corrected chi connectivity index (χ0v) is 12.1. The second kappa shape index (κ2) is 6.18. The summed E-state index contributed by atoms with van der Waals surface area (Å²) in [6.07, 6.45) is 0. The van der Waals surface area contributed by atoms with Crippen LogP contribution in [0.3, 0.4) is 0 Å². The Morgan fingerprint density at radius 2 is 1.85 bits per heavy atom. The van der Waals surface area contributed by atoms with Gasteiger partial charge in [-0.05, 0) is 38.0 Å². The maximum absolute atomic E-state index is 5.74. The van der Waals surface area contributed by atoms with Gasteiger partial charge in [0.05, 0.1) is 6.61 Å². The highest BCUT2D eigenvalue weighted by Crippen LogP contribution is 2.25. The number of aryl methyl sites for hydroxylation is 1. The SMILES string of the molecule is CCOc1nc(NC)nc(Oc2cccc(C)c2C)n1. The molecular weight excluding hydrogens is 256 g/mol. The lowest BCUT2D eigenvalue weighted by atomic mass is 10.1. The van der Waals surface area contributed by atoms with Crippen LogP contribution in [0.25, 0.3) is 0 Å². The summed E-state index contributed by atoms with van der Waals surface area (Å²) < 4.78 is 11.0. The molecule has 0 amide bonds. The van der Waals surface area contributed by atoms with Crippen molar-refractivity contribution in [3.63, 3.8) is 0 Å². The largest absolute Gasteiger partial charge is 0.464 e. The molecule has 0 aliphatic rings. The maximum atomic E-state index is 5.74. The van der Waals surface area contributed by atoms with Gasteiger partial charge in [-0.1, -0.05) is 12.1 Å². The quantitative estimate of drug-likeness (QED) is 0.904. The average Bonchev–Trinajstić information content (AvgIpc) is 2.44. The number of hydrogen-bond donors (Lipinski definition) is 1. The smallest absolute Gasteiger partial charge is 0.330 e. The average molecular weight is 274 g/mol. The topological polar surface area (TPSA) is 69.2 Å². The van der Waals surface area contributed by atoms with E-state index in [0.29, 0.717) is 12.6 Å². The zero-order valence-electron chi connectivity index (χ0n) is 12.1. The molecule has 0 spiro atoms. The molecule has 0 saturated heterocycles. The van der Waals surface area contributed by atoms with Crippen LogP contribution >= 0.6 is 0 Å². The van der Waals surface area contributed by atoms with Crippen LogP contribution in [-0.2, 0) is 0 Å². The van der Waals surface area contributed by atoms with Crippen LogP contribution in [0, 0.1) is 13.8 Å². The predicted molar refractivity (Wildman–Crippen MR) is 76.5 cm³/mol. The molecule has 2 aromatic rings. The van der Waals surface area contributed by atoms with Gasteiger partial charge < -0.3 is 14.8 Å². The molecule has 0 saturated carbocycles. The van der Waals surface area contributed by atoms with E-state index in [1.807, 2.05) is 39.0 Å². The Morgan fingerprint density at radius 1 is 1.10 bits per heavy atom. The summed E-state index contributed by atoms with van der Waals surface area (Å²) in [5, 5.41) is 2.86. The molecule has 0 atom stereocenters. The Bertz CT molecular complexity index is 602. The minimum Gasteiger partial charge on any atom is -0.464 e. The van der Waals surface area contributed by atoms with Crippen LogP contribution in [0.2, 0.25) is 0 Å². The van der Waals surface area contributed by atoms with E-state index >= 15 is 0 Å². The predicted octanol–water partition coefficient (Wildman–Crippen LogP) is 2.72. The minimum atomic E-state index is 0.210. The summed E-state index contributed by atoms with van der Waals surface area (Å²) >= 11 is 0. The number of ether oxygens (including phenoxy) is 2. The molecular formula is C14H18N4O2. The second-order valence-electron chi connectivity index (χ2n) is 4.21. The van der Waals surface area contributed by atoms with Crippen molar-refractivity contribution in [1.82, 2.24) is 15.0 Å². The number of nitrogens with one attached hydrogen (secondary N) is 1. The zero-order chi connectivity index (χ0) is 14.5. The summed E-state index contributed by atoms with van der Waals surface area (Å²) in [7, 11) is 1.73. The van der Waals surface area contributed by atoms with Gasteiger partial charge >= 0.3 is 12.0 Å². The fourth-order valence-electron chi connectivity index (χ4n) is 1.62. The second-order valence-corrected chi connectivity index (χ2v) is 4.21. The Labute approximate surface area is 118 Å². The summed E-state index contributed by atoms with van der Waals surface area (Å²) in [5.74, 6) is 1.13. The summed E-state index contributed by atoms with van der Waals surface area (Å²) in [5.41, 5.74) is 2.20. The van der Waals surface area contributed by atoms with E-state index in [1.54, 1.807) is 7.05 Å². The molecule has 20 heavy (non-hydrogen) atoms. The molecule has 6 heteroatoms. The van der Waals surface area contributed by atoms with Crippen molar-refractivity contribution >= 4 is 5.95 Å². The number of anilines is 1. The third-order valence-corrected chi connectivity index (χ3v) is 2.85. The highest BCUT2D eigenvalue weighted by atomic mass is 16.5. The van der Waals surface area contributed by atoms with Gasteiger partial charge in [-0.2, -0.15) is 9.97 Å². The van der Waals surface area contributed by atoms with Crippen LogP contribution < -0.4 is 14.8 Å². The fraction of sp³-hybridized carbons (Fsp3) is 0.357. The molecule has 0 aliphatic heterocycles. The van der Waals surface area contributed by atoms with Gasteiger partial charge in [-0.15, -0.1) is 4.98 Å². The summed E-state index contributed by atoms with van der Waals surface area (Å²) in [6, 6.07) is 6.29. The van der Waals surface area contributed by atoms with Crippen molar-refractivity contribution in [2.24, 2.45) is 0 Å². The van der Waals surface area contributed by atoms with Crippen LogP contribution in [-0.4, -0.2) is 28.6 Å². The maximum Gasteiger partial charge on any atom is 0.330 e. The molecule has 0 fully saturated rings. The Kier molecular flexibility index (Phi) is 4.34. The Hall–Kier alpha value is -2.37. The lowest BCUT2D eigenvalue weighted by Crippen LogP contribution is -2.05. The molecule has 1 aromatic heterocycles. The third-order valence-electron chi connectivity index (χ3n) is 2.85. The fourth-order valence-corrected chi connectivity index (χ4v) is 1.62. The molecule has 0 bridgehead atoms. The van der Waals surface area contributed by atoms with E-state index in [-0.39, 0.29) is 12.0 Å². The highest BCUT2D eigenvalue weighted by molar-refractivity contribution is 5.40. The van der Waals surface area contributed by atoms with E-state index in [2.05, 4.69) is 20.3 Å². The highest BCUT2D eigenvalue weighted by Gasteiger charge is 2.10. The van der Waals surface area contributed by atoms with E-state index < -0.39 is 0 Å². The lowest BCUT2D eigenvalue weighted by Gasteiger charge is -2.10. The number of benzene rings is 1. The van der Waals surface area contributed by atoms with E-state index in [9.17, 15) is 0 Å². The molecule has 6 nitrogen and oxygen atoms in total. The van der Waals surface area contributed by atoms with E-state index in [4.69, 9.17) is 9.47 Å². The van der Waals surface area contributed by atoms with Crippen molar-refractivity contribution in [2.45, 2.75) is 20.8 Å². The van der Waals surface area contributed by atoms with Crippen LogP contribution in [0.15, 0.2) is 18.2 Å². The van der Waals surface area contributed by atoms with Crippen molar-refractivity contribution in [3.05, 3.63) is 29.3 Å². The van der Waals surface area contributed by atoms with Gasteiger partial charge in [0.15, 0.2) is 0 Å². The summed E-state index contributed by atoms with van der Waals surface area (Å²) in [4.78, 5) is 12.4. The first kappa shape index (κ1) is 14.0. The first-order valence-electron chi connectivity index (χ1n) is 6.44. The van der Waals surface area contributed by atoms with Gasteiger partial charge in [-0.3, -0.25) is 0 Å². The number of hydrogen-bond acceptors (Lipinski definition) is 6. The van der Waals surface area contributed by atoms with Crippen LogP contribution in [0.1, 0.15) is 18.1 Å². The van der Waals surface area contributed by atoms with Crippen LogP contribution in [0.5, 0.6) is 17.8 Å². The van der Waals surface area contributed by atoms with E-state index in [1.165, 1.54) is 0 Å². The van der Waals surface area contributed by atoms with E-state index in [0.717, 1.165) is 16.9 Å². The van der Waals surface area contributed by atoms with Crippen LogP contribution in [0.4, 0.5) is 5.95 Å². The normalized spacial score (nSPS) is 10.2. The first-order valence-corrected chi connectivity index (χ1v) is 6.44. The van der Waals surface area contributed by atoms with Gasteiger partial charge in [0.2, 0.25) is 5.95 Å². The number of aromatic nitrogens is 3. The Morgan fingerprint density at radius 3 is 2.55 bits per heavy atom. The van der Waals surface area contributed by atoms with Crippen molar-refractivity contribution < 1.29 is 9.47 Å². The molecule has 1 heterocycles. The number of rotatable bonds is 5. The molecule has 106 valence electrons. The molecule has 0 radical (unpaired) electrons. The van der Waals surface area contributed by atoms with Gasteiger partial charge in [0.25, 0.3) is 0 Å². The molecule has 2 rings (SSSR count). The van der Waals surface area contributed by atoms with Crippen molar-refractivity contribution in [2.75, 3.05) is 19.0 Å². The third kappa shape index (κ3) is 3.14. The van der Waals surface area contributed by atoms with Crippen molar-refractivity contribution in [1.29, 1.82) is 0 Å². The van der Waals surface area contributed by atoms with Gasteiger partial charge in [-0.25, -0.2) is 0 Å². The molecule has 1 aromatic carbocycles. The van der Waals surface area contributed by atoms with Gasteiger partial charge in [0, 0.05) is 7.05 Å². The first-order chi connectivity index (χ1) is 9.63. The molecule has 0 aliphatic carbocycles. The Balaban J connectivity index is 2.32. The standard InChI is InChI=1S/C14H18N4O2/c1-5-19-13-16-12(15-4)17-14(18-13)20-11-8-6-7-9(2)10(11)3/h6-8H,5H2,1-4H3,(H,15,16,17,18). The van der Waals surface area contributed by atoms with Gasteiger partial charge in [0.1, 0.15) is 5.75 Å². The molecule has 1 N–H and O–H groups in total. The number of nitrogens with zero attached hydrogens (tertiary/aromatic N) is 3.